The molecule has 1 atom stereocenters. The summed E-state index contributed by atoms with van der Waals surface area (Å²) in [5.74, 6) is -0.323. The van der Waals surface area contributed by atoms with Gasteiger partial charge in [-0.15, -0.1) is 0 Å². The second kappa shape index (κ2) is 5.55. The average Bonchev–Trinajstić information content (AvgIpc) is 2.93. The van der Waals surface area contributed by atoms with Crippen molar-refractivity contribution in [1.29, 1.82) is 0 Å². The third kappa shape index (κ3) is 2.40. The van der Waals surface area contributed by atoms with E-state index in [4.69, 9.17) is 4.74 Å². The molecule has 0 spiro atoms. The van der Waals surface area contributed by atoms with E-state index in [-0.39, 0.29) is 5.91 Å². The van der Waals surface area contributed by atoms with Crippen molar-refractivity contribution in [2.45, 2.75) is 11.7 Å². The number of hydrogen-bond donors (Lipinski definition) is 1. The Morgan fingerprint density at radius 2 is 2.05 bits per heavy atom. The first-order valence-corrected chi connectivity index (χ1v) is 7.12. The summed E-state index contributed by atoms with van der Waals surface area (Å²) in [6, 6.07) is 9.82. The largest absolute Gasteiger partial charge is 0.378 e. The van der Waals surface area contributed by atoms with Crippen LogP contribution in [0.1, 0.15) is 17.2 Å². The number of aromatic nitrogens is 2. The third-order valence-electron chi connectivity index (χ3n) is 4.17. The van der Waals surface area contributed by atoms with Crippen LogP contribution < -0.4 is 0 Å². The number of benzene rings is 1. The third-order valence-corrected chi connectivity index (χ3v) is 4.17. The Kier molecular flexibility index (Phi) is 3.72. The monoisotopic (exact) mass is 301 g/mol. The molecule has 0 radical (unpaired) electrons. The molecule has 2 heterocycles. The van der Waals surface area contributed by atoms with Gasteiger partial charge in [-0.1, -0.05) is 30.3 Å². The highest BCUT2D eigenvalue weighted by molar-refractivity contribution is 5.83. The molecular formula is C16H19N3O3. The number of carbonyl (C=O) groups is 1. The van der Waals surface area contributed by atoms with Crippen molar-refractivity contribution in [2.24, 2.45) is 7.05 Å². The van der Waals surface area contributed by atoms with Crippen molar-refractivity contribution in [3.8, 4) is 0 Å². The van der Waals surface area contributed by atoms with E-state index in [0.717, 1.165) is 5.56 Å². The summed E-state index contributed by atoms with van der Waals surface area (Å²) >= 11 is 0. The molecule has 1 N–H and O–H groups in total. The number of rotatable bonds is 4. The molecular weight excluding hydrogens is 282 g/mol. The van der Waals surface area contributed by atoms with Crippen molar-refractivity contribution in [3.63, 3.8) is 0 Å². The van der Waals surface area contributed by atoms with Crippen molar-refractivity contribution >= 4 is 5.91 Å². The second-order valence-electron chi connectivity index (χ2n) is 5.61. The zero-order chi connectivity index (χ0) is 15.7. The van der Waals surface area contributed by atoms with Gasteiger partial charge in [0.15, 0.2) is 6.10 Å². The van der Waals surface area contributed by atoms with Gasteiger partial charge in [0.05, 0.1) is 19.3 Å². The molecule has 6 heteroatoms. The fourth-order valence-corrected chi connectivity index (χ4v) is 2.79. The topological polar surface area (TPSA) is 67.6 Å². The molecule has 3 rings (SSSR count). The van der Waals surface area contributed by atoms with Gasteiger partial charge in [0.25, 0.3) is 5.91 Å². The fourth-order valence-electron chi connectivity index (χ4n) is 2.79. The predicted octanol–water partition coefficient (Wildman–Crippen LogP) is 0.838. The van der Waals surface area contributed by atoms with Crippen LogP contribution in [-0.2, 0) is 22.2 Å². The molecule has 22 heavy (non-hydrogen) atoms. The van der Waals surface area contributed by atoms with Gasteiger partial charge in [-0.05, 0) is 5.56 Å². The smallest absolute Gasteiger partial charge is 0.256 e. The molecule has 1 aromatic heterocycles. The highest BCUT2D eigenvalue weighted by Crippen LogP contribution is 2.36. The minimum atomic E-state index is -1.18. The van der Waals surface area contributed by atoms with Crippen LogP contribution in [0.25, 0.3) is 0 Å². The lowest BCUT2D eigenvalue weighted by Gasteiger charge is -2.49. The first-order chi connectivity index (χ1) is 10.6. The Labute approximate surface area is 128 Å². The minimum absolute atomic E-state index is 0.323. The van der Waals surface area contributed by atoms with Crippen LogP contribution in [0.2, 0.25) is 0 Å². The molecule has 1 aromatic carbocycles. The maximum atomic E-state index is 12.4. The van der Waals surface area contributed by atoms with Gasteiger partial charge in [-0.3, -0.25) is 9.48 Å². The molecule has 1 aliphatic rings. The van der Waals surface area contributed by atoms with E-state index in [1.54, 1.807) is 29.9 Å². The number of aliphatic hydroxyl groups excluding tert-OH is 1. The van der Waals surface area contributed by atoms with Gasteiger partial charge in [0, 0.05) is 25.9 Å². The molecule has 0 aliphatic carbocycles. The first-order valence-electron chi connectivity index (χ1n) is 7.12. The zero-order valence-corrected chi connectivity index (χ0v) is 12.6. The van der Waals surface area contributed by atoms with E-state index in [1.165, 1.54) is 6.20 Å². The van der Waals surface area contributed by atoms with Crippen LogP contribution >= 0.6 is 0 Å². The van der Waals surface area contributed by atoms with Crippen molar-refractivity contribution in [1.82, 2.24) is 14.7 Å². The van der Waals surface area contributed by atoms with Gasteiger partial charge >= 0.3 is 0 Å². The quantitative estimate of drug-likeness (QED) is 0.908. The molecule has 116 valence electrons. The second-order valence-corrected chi connectivity index (χ2v) is 5.61. The van der Waals surface area contributed by atoms with E-state index in [2.05, 4.69) is 5.10 Å². The summed E-state index contributed by atoms with van der Waals surface area (Å²) < 4.78 is 7.20. The molecule has 1 fully saturated rings. The van der Waals surface area contributed by atoms with Crippen molar-refractivity contribution < 1.29 is 14.6 Å². The summed E-state index contributed by atoms with van der Waals surface area (Å²) in [6.45, 7) is 0.868. The van der Waals surface area contributed by atoms with E-state index in [1.807, 2.05) is 30.3 Å². The van der Waals surface area contributed by atoms with Crippen LogP contribution in [0.5, 0.6) is 0 Å². The molecule has 1 saturated heterocycles. The maximum Gasteiger partial charge on any atom is 0.256 e. The SMILES string of the molecule is COC1(c2ccccc2)CN(C(=O)C(O)c2cnn(C)c2)C1. The number of hydrogen-bond acceptors (Lipinski definition) is 4. The summed E-state index contributed by atoms with van der Waals surface area (Å²) in [5, 5.41) is 14.1. The highest BCUT2D eigenvalue weighted by Gasteiger charge is 2.48. The average molecular weight is 301 g/mol. The van der Waals surface area contributed by atoms with E-state index in [9.17, 15) is 9.90 Å². The van der Waals surface area contributed by atoms with Gasteiger partial charge in [0.1, 0.15) is 5.60 Å². The Bertz CT molecular complexity index is 662. The minimum Gasteiger partial charge on any atom is -0.378 e. The summed E-state index contributed by atoms with van der Waals surface area (Å²) in [4.78, 5) is 14.0. The summed E-state index contributed by atoms with van der Waals surface area (Å²) in [7, 11) is 3.39. The Hall–Kier alpha value is -2.18. The standard InChI is InChI=1S/C16H19N3O3/c1-18-9-12(8-17-18)14(20)15(21)19-10-16(11-19,22-2)13-6-4-3-5-7-13/h3-9,14,20H,10-11H2,1-2H3. The van der Waals surface area contributed by atoms with Crippen LogP contribution in [-0.4, -0.2) is 45.9 Å². The zero-order valence-electron chi connectivity index (χ0n) is 12.6. The lowest BCUT2D eigenvalue weighted by Crippen LogP contribution is -2.63. The normalized spacial score (nSPS) is 17.9. The number of aliphatic hydroxyl groups is 1. The van der Waals surface area contributed by atoms with Crippen LogP contribution in [0.15, 0.2) is 42.7 Å². The lowest BCUT2D eigenvalue weighted by molar-refractivity contribution is -0.172. The first kappa shape index (κ1) is 14.7. The highest BCUT2D eigenvalue weighted by atomic mass is 16.5. The number of methoxy groups -OCH3 is 1. The van der Waals surface area contributed by atoms with E-state index < -0.39 is 11.7 Å². The Balaban J connectivity index is 1.70. The van der Waals surface area contributed by atoms with E-state index in [0.29, 0.717) is 18.7 Å². The van der Waals surface area contributed by atoms with Crippen LogP contribution in [0.4, 0.5) is 0 Å². The number of nitrogens with zero attached hydrogens (tertiary/aromatic N) is 3. The Morgan fingerprint density at radius 3 is 2.59 bits per heavy atom. The summed E-state index contributed by atoms with van der Waals surface area (Å²) in [6.07, 6.45) is 1.96. The number of amides is 1. The molecule has 2 aromatic rings. The fraction of sp³-hybridized carbons (Fsp3) is 0.375. The maximum absolute atomic E-state index is 12.4. The lowest BCUT2D eigenvalue weighted by atomic mass is 9.85. The molecule has 0 bridgehead atoms. The molecule has 0 saturated carbocycles. The van der Waals surface area contributed by atoms with Gasteiger partial charge < -0.3 is 14.7 Å². The van der Waals surface area contributed by atoms with Crippen molar-refractivity contribution in [2.75, 3.05) is 20.2 Å². The van der Waals surface area contributed by atoms with Crippen LogP contribution in [0.3, 0.4) is 0 Å². The van der Waals surface area contributed by atoms with E-state index >= 15 is 0 Å². The predicted molar refractivity (Wildman–Crippen MR) is 79.9 cm³/mol. The Morgan fingerprint density at radius 1 is 1.36 bits per heavy atom. The number of likely N-dealkylation sites (tertiary alicyclic amines) is 1. The summed E-state index contributed by atoms with van der Waals surface area (Å²) in [5.41, 5.74) is 1.06. The number of aryl methyl sites for hydroxylation is 1. The molecule has 1 aliphatic heterocycles. The van der Waals surface area contributed by atoms with Gasteiger partial charge in [-0.25, -0.2) is 0 Å². The number of ether oxygens (including phenoxy) is 1. The van der Waals surface area contributed by atoms with Crippen LogP contribution in [0, 0.1) is 0 Å². The van der Waals surface area contributed by atoms with Gasteiger partial charge in [-0.2, -0.15) is 5.10 Å². The number of carbonyl (C=O) groups excluding carboxylic acids is 1. The molecule has 1 unspecified atom stereocenters. The molecule has 6 nitrogen and oxygen atoms in total. The van der Waals surface area contributed by atoms with Gasteiger partial charge in [0.2, 0.25) is 0 Å². The van der Waals surface area contributed by atoms with Crippen molar-refractivity contribution in [3.05, 3.63) is 53.9 Å². The molecule has 1 amide bonds.